The molecule has 104 valence electrons. The van der Waals surface area contributed by atoms with Gasteiger partial charge in [-0.2, -0.15) is 0 Å². The number of ketones is 1. The number of allylic oxidation sites excluding steroid dienone is 3. The van der Waals surface area contributed by atoms with E-state index in [1.54, 1.807) is 12.1 Å². The summed E-state index contributed by atoms with van der Waals surface area (Å²) < 4.78 is 12.8. The van der Waals surface area contributed by atoms with E-state index in [1.165, 1.54) is 17.7 Å². The minimum atomic E-state index is -0.301. The Morgan fingerprint density at radius 3 is 2.85 bits per heavy atom. The van der Waals surface area contributed by atoms with E-state index in [2.05, 4.69) is 23.1 Å². The molecule has 2 nitrogen and oxygen atoms in total. The maximum Gasteiger partial charge on any atom is 0.164 e. The molecule has 1 aliphatic heterocycles. The highest BCUT2D eigenvalue weighted by atomic mass is 19.1. The molecular weight excluding hydrogens is 253 g/mol. The first kappa shape index (κ1) is 13.3. The summed E-state index contributed by atoms with van der Waals surface area (Å²) in [4.78, 5) is 14.4. The number of carbonyl (C=O) groups is 1. The van der Waals surface area contributed by atoms with Crippen molar-refractivity contribution in [1.82, 2.24) is 4.90 Å². The summed E-state index contributed by atoms with van der Waals surface area (Å²) in [6.45, 7) is 2.81. The fourth-order valence-electron chi connectivity index (χ4n) is 2.94. The quantitative estimate of drug-likeness (QED) is 0.784. The maximum atomic E-state index is 12.8. The molecule has 1 aliphatic carbocycles. The molecule has 1 aromatic rings. The van der Waals surface area contributed by atoms with Gasteiger partial charge >= 0.3 is 0 Å². The maximum absolute atomic E-state index is 12.8. The van der Waals surface area contributed by atoms with Gasteiger partial charge in [0.25, 0.3) is 0 Å². The molecule has 0 saturated carbocycles. The Balaban J connectivity index is 1.53. The van der Waals surface area contributed by atoms with Crippen LogP contribution in [0.3, 0.4) is 0 Å². The third-order valence-corrected chi connectivity index (χ3v) is 4.10. The molecule has 0 radical (unpaired) electrons. The highest BCUT2D eigenvalue weighted by Crippen LogP contribution is 2.28. The van der Waals surface area contributed by atoms with Crippen LogP contribution in [0.5, 0.6) is 0 Å². The van der Waals surface area contributed by atoms with Gasteiger partial charge in [0, 0.05) is 31.6 Å². The van der Waals surface area contributed by atoms with Crippen molar-refractivity contribution >= 4 is 5.78 Å². The van der Waals surface area contributed by atoms with E-state index in [-0.39, 0.29) is 11.6 Å². The van der Waals surface area contributed by atoms with Gasteiger partial charge in [0.2, 0.25) is 0 Å². The van der Waals surface area contributed by atoms with Gasteiger partial charge in [-0.1, -0.05) is 23.8 Å². The van der Waals surface area contributed by atoms with Crippen molar-refractivity contribution in [1.29, 1.82) is 0 Å². The molecule has 3 heteroatoms. The van der Waals surface area contributed by atoms with Gasteiger partial charge in [-0.05, 0) is 36.6 Å². The van der Waals surface area contributed by atoms with Crippen LogP contribution in [0, 0.1) is 11.7 Å². The average molecular weight is 271 g/mol. The van der Waals surface area contributed by atoms with Crippen molar-refractivity contribution in [3.63, 3.8) is 0 Å². The molecule has 1 fully saturated rings. The van der Waals surface area contributed by atoms with Gasteiger partial charge in [0.15, 0.2) is 5.78 Å². The third-order valence-electron chi connectivity index (χ3n) is 4.10. The molecule has 0 aromatic heterocycles. The lowest BCUT2D eigenvalue weighted by molar-refractivity contribution is 0.0968. The van der Waals surface area contributed by atoms with E-state index in [9.17, 15) is 9.18 Å². The summed E-state index contributed by atoms with van der Waals surface area (Å²) in [5.74, 6) is 0.428. The van der Waals surface area contributed by atoms with Crippen LogP contribution in [-0.4, -0.2) is 30.3 Å². The van der Waals surface area contributed by atoms with Gasteiger partial charge < -0.3 is 0 Å². The van der Waals surface area contributed by atoms with Crippen LogP contribution in [0.25, 0.3) is 0 Å². The summed E-state index contributed by atoms with van der Waals surface area (Å²) >= 11 is 0. The van der Waals surface area contributed by atoms with Crippen LogP contribution in [0.2, 0.25) is 0 Å². The smallest absolute Gasteiger partial charge is 0.164 e. The second kappa shape index (κ2) is 5.71. The number of rotatable bonds is 4. The zero-order chi connectivity index (χ0) is 13.9. The molecular formula is C17H18FNO. The Morgan fingerprint density at radius 2 is 2.10 bits per heavy atom. The average Bonchev–Trinajstić information content (AvgIpc) is 2.88. The van der Waals surface area contributed by atoms with Crippen molar-refractivity contribution < 1.29 is 9.18 Å². The molecule has 20 heavy (non-hydrogen) atoms. The van der Waals surface area contributed by atoms with Crippen LogP contribution < -0.4 is 0 Å². The summed E-state index contributed by atoms with van der Waals surface area (Å²) in [7, 11) is 0. The number of Topliss-reactive ketones (excluding diaryl/α,β-unsaturated/α-hetero) is 1. The fourth-order valence-corrected chi connectivity index (χ4v) is 2.94. The Hall–Kier alpha value is -1.74. The predicted molar refractivity (Wildman–Crippen MR) is 77.1 cm³/mol. The second-order valence-corrected chi connectivity index (χ2v) is 5.52. The van der Waals surface area contributed by atoms with Crippen LogP contribution in [-0.2, 0) is 0 Å². The molecule has 1 saturated heterocycles. The molecule has 0 amide bonds. The first-order valence-corrected chi connectivity index (χ1v) is 7.09. The van der Waals surface area contributed by atoms with Crippen LogP contribution in [0.1, 0.15) is 23.2 Å². The Labute approximate surface area is 118 Å². The van der Waals surface area contributed by atoms with Crippen molar-refractivity contribution in [3.05, 3.63) is 59.4 Å². The lowest BCUT2D eigenvalue weighted by Crippen LogP contribution is -2.24. The number of fused-ring (bicyclic) bond motifs is 1. The largest absolute Gasteiger partial charge is 0.298 e. The minimum Gasteiger partial charge on any atom is -0.298 e. The molecule has 2 aliphatic rings. The molecule has 3 rings (SSSR count). The normalized spacial score (nSPS) is 21.6. The lowest BCUT2D eigenvalue weighted by Gasteiger charge is -2.14. The number of benzene rings is 1. The van der Waals surface area contributed by atoms with E-state index in [0.717, 1.165) is 26.1 Å². The van der Waals surface area contributed by atoms with Gasteiger partial charge in [0.05, 0.1) is 0 Å². The third kappa shape index (κ3) is 2.88. The number of nitrogens with zero attached hydrogens (tertiary/aromatic N) is 1. The van der Waals surface area contributed by atoms with Gasteiger partial charge in [-0.3, -0.25) is 9.69 Å². The Kier molecular flexibility index (Phi) is 3.79. The number of carbonyl (C=O) groups excluding carboxylic acids is 1. The second-order valence-electron chi connectivity index (χ2n) is 5.52. The van der Waals surface area contributed by atoms with E-state index in [0.29, 0.717) is 17.9 Å². The molecule has 1 aromatic carbocycles. The zero-order valence-corrected chi connectivity index (χ0v) is 11.4. The van der Waals surface area contributed by atoms with Crippen LogP contribution in [0.15, 0.2) is 48.1 Å². The van der Waals surface area contributed by atoms with Crippen LogP contribution >= 0.6 is 0 Å². The van der Waals surface area contributed by atoms with E-state index in [1.807, 2.05) is 0 Å². The SMILES string of the molecule is O=C(CCN1CC2=CC=CCC2C1)c1ccc(F)cc1. The fraction of sp³-hybridized carbons (Fsp3) is 0.353. The summed E-state index contributed by atoms with van der Waals surface area (Å²) in [5.41, 5.74) is 2.09. The highest BCUT2D eigenvalue weighted by Gasteiger charge is 2.27. The van der Waals surface area contributed by atoms with Gasteiger partial charge in [-0.15, -0.1) is 0 Å². The molecule has 1 atom stereocenters. The number of halogens is 1. The van der Waals surface area contributed by atoms with Crippen molar-refractivity contribution in [3.8, 4) is 0 Å². The van der Waals surface area contributed by atoms with Crippen molar-refractivity contribution in [2.45, 2.75) is 12.8 Å². The van der Waals surface area contributed by atoms with Crippen LogP contribution in [0.4, 0.5) is 4.39 Å². The molecule has 1 unspecified atom stereocenters. The molecule has 0 spiro atoms. The van der Waals surface area contributed by atoms with E-state index < -0.39 is 0 Å². The van der Waals surface area contributed by atoms with Gasteiger partial charge in [-0.25, -0.2) is 4.39 Å². The number of likely N-dealkylation sites (tertiary alicyclic amines) is 1. The van der Waals surface area contributed by atoms with Crippen molar-refractivity contribution in [2.24, 2.45) is 5.92 Å². The Morgan fingerprint density at radius 1 is 1.30 bits per heavy atom. The first-order chi connectivity index (χ1) is 9.72. The number of hydrogen-bond acceptors (Lipinski definition) is 2. The summed E-state index contributed by atoms with van der Waals surface area (Å²) in [6.07, 6.45) is 8.16. The van der Waals surface area contributed by atoms with E-state index >= 15 is 0 Å². The lowest BCUT2D eigenvalue weighted by atomic mass is 9.95. The van der Waals surface area contributed by atoms with Gasteiger partial charge in [0.1, 0.15) is 5.82 Å². The monoisotopic (exact) mass is 271 g/mol. The minimum absolute atomic E-state index is 0.0898. The summed E-state index contributed by atoms with van der Waals surface area (Å²) in [5, 5.41) is 0. The Bertz CT molecular complexity index is 559. The van der Waals surface area contributed by atoms with E-state index in [4.69, 9.17) is 0 Å². The zero-order valence-electron chi connectivity index (χ0n) is 11.4. The topological polar surface area (TPSA) is 20.3 Å². The molecule has 0 bridgehead atoms. The molecule has 1 heterocycles. The first-order valence-electron chi connectivity index (χ1n) is 7.09. The standard InChI is InChI=1S/C17H18FNO/c18-16-7-5-13(6-8-16)17(20)9-10-19-11-14-3-1-2-4-15(14)12-19/h1-3,5-8,15H,4,9-12H2. The molecule has 0 N–H and O–H groups in total. The predicted octanol–water partition coefficient (Wildman–Crippen LogP) is 3.22. The summed E-state index contributed by atoms with van der Waals surface area (Å²) in [6, 6.07) is 5.81. The highest BCUT2D eigenvalue weighted by molar-refractivity contribution is 5.96. The van der Waals surface area contributed by atoms with Crippen molar-refractivity contribution in [2.75, 3.05) is 19.6 Å². The number of hydrogen-bond donors (Lipinski definition) is 0.